The fourth-order valence-corrected chi connectivity index (χ4v) is 3.31. The van der Waals surface area contributed by atoms with Crippen molar-refractivity contribution in [2.45, 2.75) is 57.4 Å². The Morgan fingerprint density at radius 1 is 1.21 bits per heavy atom. The molecule has 0 aliphatic heterocycles. The lowest BCUT2D eigenvalue weighted by Crippen LogP contribution is -2.25. The Morgan fingerprint density at radius 3 is 2.58 bits per heavy atom. The number of nitrogens with two attached hydrogens (primary N) is 1. The maximum Gasteiger partial charge on any atom is 0.126 e. The van der Waals surface area contributed by atoms with Crippen molar-refractivity contribution in [2.75, 3.05) is 0 Å². The SMILES string of the molecule is C[C@H](N)c1ccc(F)c(C2CCC2CCC2CC2)c1. The molecule has 0 bridgehead atoms. The molecule has 2 fully saturated rings. The van der Waals surface area contributed by atoms with E-state index in [1.54, 1.807) is 6.07 Å². The van der Waals surface area contributed by atoms with Gasteiger partial charge in [-0.15, -0.1) is 0 Å². The molecule has 2 unspecified atom stereocenters. The quantitative estimate of drug-likeness (QED) is 0.828. The van der Waals surface area contributed by atoms with E-state index in [4.69, 9.17) is 5.73 Å². The molecule has 0 aromatic heterocycles. The molecule has 19 heavy (non-hydrogen) atoms. The smallest absolute Gasteiger partial charge is 0.126 e. The summed E-state index contributed by atoms with van der Waals surface area (Å²) in [6.45, 7) is 1.96. The van der Waals surface area contributed by atoms with Gasteiger partial charge in [0.05, 0.1) is 0 Å². The lowest BCUT2D eigenvalue weighted by atomic mass is 9.67. The number of halogens is 1. The summed E-state index contributed by atoms with van der Waals surface area (Å²) in [5.74, 6) is 2.10. The maximum atomic E-state index is 14.0. The van der Waals surface area contributed by atoms with Crippen LogP contribution in [0.1, 0.15) is 68.5 Å². The van der Waals surface area contributed by atoms with E-state index in [9.17, 15) is 4.39 Å². The van der Waals surface area contributed by atoms with Crippen LogP contribution in [0.5, 0.6) is 0 Å². The van der Waals surface area contributed by atoms with Gasteiger partial charge in [-0.3, -0.25) is 0 Å². The van der Waals surface area contributed by atoms with Crippen molar-refractivity contribution in [2.24, 2.45) is 17.6 Å². The molecule has 2 heteroatoms. The Hall–Kier alpha value is -0.890. The molecule has 104 valence electrons. The molecule has 2 saturated carbocycles. The maximum absolute atomic E-state index is 14.0. The van der Waals surface area contributed by atoms with Crippen molar-refractivity contribution in [3.63, 3.8) is 0 Å². The topological polar surface area (TPSA) is 26.0 Å². The first-order chi connectivity index (χ1) is 9.15. The second kappa shape index (κ2) is 5.24. The van der Waals surface area contributed by atoms with Crippen LogP contribution < -0.4 is 5.73 Å². The van der Waals surface area contributed by atoms with Crippen molar-refractivity contribution in [3.05, 3.63) is 35.1 Å². The summed E-state index contributed by atoms with van der Waals surface area (Å²) in [4.78, 5) is 0. The van der Waals surface area contributed by atoms with Gasteiger partial charge in [-0.05, 0) is 61.1 Å². The first-order valence-electron chi connectivity index (χ1n) is 7.70. The molecule has 2 aliphatic rings. The van der Waals surface area contributed by atoms with Crippen LogP contribution in [0.15, 0.2) is 18.2 Å². The number of rotatable bonds is 5. The Kier molecular flexibility index (Phi) is 3.62. The summed E-state index contributed by atoms with van der Waals surface area (Å²) < 4.78 is 14.0. The first kappa shape index (κ1) is 13.1. The summed E-state index contributed by atoms with van der Waals surface area (Å²) in [6.07, 6.45) is 7.92. The molecule has 1 aromatic rings. The zero-order valence-electron chi connectivity index (χ0n) is 11.7. The van der Waals surface area contributed by atoms with Gasteiger partial charge in [-0.1, -0.05) is 31.4 Å². The molecule has 0 amide bonds. The average molecular weight is 261 g/mol. The molecule has 0 saturated heterocycles. The lowest BCUT2D eigenvalue weighted by molar-refractivity contribution is 0.226. The van der Waals surface area contributed by atoms with Crippen LogP contribution in [0.25, 0.3) is 0 Å². The highest BCUT2D eigenvalue weighted by Gasteiger charge is 2.35. The molecular formula is C17H24FN. The van der Waals surface area contributed by atoms with Crippen LogP contribution >= 0.6 is 0 Å². The minimum atomic E-state index is -0.0366. The Balaban J connectivity index is 1.71. The van der Waals surface area contributed by atoms with Gasteiger partial charge in [0.25, 0.3) is 0 Å². The lowest BCUT2D eigenvalue weighted by Gasteiger charge is -2.37. The van der Waals surface area contributed by atoms with Gasteiger partial charge in [0.15, 0.2) is 0 Å². The van der Waals surface area contributed by atoms with E-state index in [0.717, 1.165) is 23.5 Å². The molecule has 1 nitrogen and oxygen atoms in total. The molecule has 2 aliphatic carbocycles. The van der Waals surface area contributed by atoms with Gasteiger partial charge >= 0.3 is 0 Å². The molecule has 1 aromatic carbocycles. The summed E-state index contributed by atoms with van der Waals surface area (Å²) in [6, 6.07) is 5.42. The van der Waals surface area contributed by atoms with Crippen LogP contribution in [-0.4, -0.2) is 0 Å². The van der Waals surface area contributed by atoms with Crippen molar-refractivity contribution in [3.8, 4) is 0 Å². The normalized spacial score (nSPS) is 27.9. The first-order valence-corrected chi connectivity index (χ1v) is 7.70. The number of hydrogen-bond donors (Lipinski definition) is 1. The highest BCUT2D eigenvalue weighted by Crippen LogP contribution is 2.48. The largest absolute Gasteiger partial charge is 0.324 e. The van der Waals surface area contributed by atoms with E-state index in [-0.39, 0.29) is 11.9 Å². The third-order valence-electron chi connectivity index (χ3n) is 5.01. The van der Waals surface area contributed by atoms with E-state index in [1.807, 2.05) is 19.1 Å². The second-order valence-corrected chi connectivity index (χ2v) is 6.53. The molecule has 3 rings (SSSR count). The van der Waals surface area contributed by atoms with Gasteiger partial charge in [-0.2, -0.15) is 0 Å². The predicted octanol–water partition coefficient (Wildman–Crippen LogP) is 4.53. The Bertz CT molecular complexity index is 451. The van der Waals surface area contributed by atoms with Crippen molar-refractivity contribution >= 4 is 0 Å². The van der Waals surface area contributed by atoms with Crippen LogP contribution in [0.4, 0.5) is 4.39 Å². The van der Waals surface area contributed by atoms with E-state index in [2.05, 4.69) is 0 Å². The fourth-order valence-electron chi connectivity index (χ4n) is 3.31. The molecule has 2 N–H and O–H groups in total. The van der Waals surface area contributed by atoms with Crippen LogP contribution in [0, 0.1) is 17.7 Å². The molecule has 3 atom stereocenters. The highest BCUT2D eigenvalue weighted by molar-refractivity contribution is 5.31. The fraction of sp³-hybridized carbons (Fsp3) is 0.647. The van der Waals surface area contributed by atoms with Crippen molar-refractivity contribution in [1.82, 2.24) is 0 Å². The second-order valence-electron chi connectivity index (χ2n) is 6.53. The van der Waals surface area contributed by atoms with Crippen LogP contribution in [0.3, 0.4) is 0 Å². The molecular weight excluding hydrogens is 237 g/mol. The van der Waals surface area contributed by atoms with Crippen molar-refractivity contribution < 1.29 is 4.39 Å². The van der Waals surface area contributed by atoms with E-state index < -0.39 is 0 Å². The standard InChI is InChI=1S/C17H24FN/c1-11(19)14-7-9-17(18)16(10-14)15-8-6-13(15)5-4-12-2-3-12/h7,9-13,15H,2-6,8,19H2,1H3/t11-,13?,15?/m0/s1. The van der Waals surface area contributed by atoms with Gasteiger partial charge in [0, 0.05) is 6.04 Å². The third-order valence-corrected chi connectivity index (χ3v) is 5.01. The van der Waals surface area contributed by atoms with E-state index >= 15 is 0 Å². The predicted molar refractivity (Wildman–Crippen MR) is 76.4 cm³/mol. The summed E-state index contributed by atoms with van der Waals surface area (Å²) >= 11 is 0. The van der Waals surface area contributed by atoms with Gasteiger partial charge in [0.2, 0.25) is 0 Å². The Labute approximate surface area is 115 Å². The van der Waals surface area contributed by atoms with Gasteiger partial charge < -0.3 is 5.73 Å². The molecule has 0 heterocycles. The monoisotopic (exact) mass is 261 g/mol. The zero-order valence-corrected chi connectivity index (χ0v) is 11.7. The zero-order chi connectivity index (χ0) is 13.4. The summed E-state index contributed by atoms with van der Waals surface area (Å²) in [5, 5.41) is 0. The van der Waals surface area contributed by atoms with Crippen LogP contribution in [-0.2, 0) is 0 Å². The highest BCUT2D eigenvalue weighted by atomic mass is 19.1. The Morgan fingerprint density at radius 2 is 2.00 bits per heavy atom. The minimum Gasteiger partial charge on any atom is -0.324 e. The van der Waals surface area contributed by atoms with Crippen molar-refractivity contribution in [1.29, 1.82) is 0 Å². The molecule has 0 radical (unpaired) electrons. The van der Waals surface area contributed by atoms with Gasteiger partial charge in [-0.25, -0.2) is 4.39 Å². The number of hydrogen-bond acceptors (Lipinski definition) is 1. The minimum absolute atomic E-state index is 0.00987. The van der Waals surface area contributed by atoms with E-state index in [0.29, 0.717) is 11.8 Å². The summed E-state index contributed by atoms with van der Waals surface area (Å²) in [5.41, 5.74) is 7.89. The van der Waals surface area contributed by atoms with E-state index in [1.165, 1.54) is 32.1 Å². The third kappa shape index (κ3) is 2.84. The van der Waals surface area contributed by atoms with Gasteiger partial charge in [0.1, 0.15) is 5.82 Å². The summed E-state index contributed by atoms with van der Waals surface area (Å²) in [7, 11) is 0. The van der Waals surface area contributed by atoms with Crippen LogP contribution in [0.2, 0.25) is 0 Å². The average Bonchev–Trinajstić information content (AvgIpc) is 3.14. The number of benzene rings is 1. The molecule has 0 spiro atoms.